The first kappa shape index (κ1) is 19.0. The van der Waals surface area contributed by atoms with Crippen LogP contribution in [0.3, 0.4) is 0 Å². The number of Topliss-reactive ketones (excluding diaryl/α,β-unsaturated/α-hetero) is 1. The van der Waals surface area contributed by atoms with Crippen molar-refractivity contribution in [3.63, 3.8) is 0 Å². The van der Waals surface area contributed by atoms with E-state index < -0.39 is 11.8 Å². The highest BCUT2D eigenvalue weighted by molar-refractivity contribution is 6.06. The summed E-state index contributed by atoms with van der Waals surface area (Å²) < 4.78 is 0. The average molecular weight is 373 g/mol. The minimum atomic E-state index is -0.466. The van der Waals surface area contributed by atoms with Crippen LogP contribution in [0.4, 0.5) is 11.4 Å². The summed E-state index contributed by atoms with van der Waals surface area (Å²) in [7, 11) is 0. The summed E-state index contributed by atoms with van der Waals surface area (Å²) in [6.07, 6.45) is 0. The Morgan fingerprint density at radius 3 is 2.11 bits per heavy atom. The minimum absolute atomic E-state index is 0.0934. The van der Waals surface area contributed by atoms with Crippen molar-refractivity contribution in [2.75, 3.05) is 10.6 Å². The number of aromatic nitrogens is 1. The number of aryl methyl sites for hydroxylation is 1. The molecule has 0 aliphatic carbocycles. The fourth-order valence-corrected chi connectivity index (χ4v) is 2.60. The fraction of sp³-hybridized carbons (Fsp3) is 0.0909. The largest absolute Gasteiger partial charge is 0.321 e. The van der Waals surface area contributed by atoms with Gasteiger partial charge in [-0.15, -0.1) is 0 Å². The third kappa shape index (κ3) is 4.48. The van der Waals surface area contributed by atoms with Crippen molar-refractivity contribution in [2.45, 2.75) is 13.8 Å². The Hall–Kier alpha value is -3.80. The molecule has 0 saturated heterocycles. The van der Waals surface area contributed by atoms with E-state index in [4.69, 9.17) is 0 Å². The zero-order valence-corrected chi connectivity index (χ0v) is 15.5. The van der Waals surface area contributed by atoms with E-state index in [9.17, 15) is 14.4 Å². The van der Waals surface area contributed by atoms with E-state index in [1.807, 2.05) is 25.1 Å². The molecule has 6 heteroatoms. The van der Waals surface area contributed by atoms with Gasteiger partial charge in [0.25, 0.3) is 11.8 Å². The number of nitrogens with one attached hydrogen (secondary N) is 2. The van der Waals surface area contributed by atoms with Gasteiger partial charge in [-0.25, -0.2) is 4.98 Å². The lowest BCUT2D eigenvalue weighted by atomic mass is 10.1. The first-order valence-electron chi connectivity index (χ1n) is 8.70. The summed E-state index contributed by atoms with van der Waals surface area (Å²) in [6.45, 7) is 3.35. The first-order chi connectivity index (χ1) is 13.4. The second-order valence-corrected chi connectivity index (χ2v) is 6.27. The van der Waals surface area contributed by atoms with Crippen LogP contribution >= 0.6 is 0 Å². The van der Waals surface area contributed by atoms with Gasteiger partial charge < -0.3 is 10.6 Å². The maximum absolute atomic E-state index is 12.5. The van der Waals surface area contributed by atoms with Crippen LogP contribution in [0.25, 0.3) is 0 Å². The summed E-state index contributed by atoms with van der Waals surface area (Å²) in [4.78, 5) is 40.6. The monoisotopic (exact) mass is 373 g/mol. The van der Waals surface area contributed by atoms with Crippen LogP contribution in [-0.2, 0) is 0 Å². The molecule has 1 heterocycles. The van der Waals surface area contributed by atoms with Gasteiger partial charge in [0.2, 0.25) is 0 Å². The first-order valence-corrected chi connectivity index (χ1v) is 8.70. The molecule has 2 amide bonds. The molecule has 6 nitrogen and oxygen atoms in total. The van der Waals surface area contributed by atoms with E-state index in [0.29, 0.717) is 16.9 Å². The Bertz CT molecular complexity index is 1060. The van der Waals surface area contributed by atoms with Gasteiger partial charge in [0.05, 0.1) is 0 Å². The van der Waals surface area contributed by atoms with E-state index >= 15 is 0 Å². The molecule has 0 spiro atoms. The predicted molar refractivity (Wildman–Crippen MR) is 108 cm³/mol. The maximum atomic E-state index is 12.5. The molecule has 0 bridgehead atoms. The van der Waals surface area contributed by atoms with Crippen molar-refractivity contribution < 1.29 is 14.4 Å². The maximum Gasteiger partial charge on any atom is 0.274 e. The SMILES string of the molecule is CC(=O)c1cccc(NC(=O)c2cccc(C(=O)Nc3ccccc3C)n2)c1. The smallest absolute Gasteiger partial charge is 0.274 e. The lowest BCUT2D eigenvalue weighted by Gasteiger charge is -2.09. The van der Waals surface area contributed by atoms with E-state index in [1.54, 1.807) is 42.5 Å². The van der Waals surface area contributed by atoms with Gasteiger partial charge in [0, 0.05) is 16.9 Å². The number of carbonyl (C=O) groups excluding carboxylic acids is 3. The van der Waals surface area contributed by atoms with Crippen molar-refractivity contribution in [2.24, 2.45) is 0 Å². The van der Waals surface area contributed by atoms with E-state index in [-0.39, 0.29) is 17.2 Å². The van der Waals surface area contributed by atoms with Crippen LogP contribution in [0.15, 0.2) is 66.7 Å². The number of amides is 2. The van der Waals surface area contributed by atoms with Crippen molar-refractivity contribution in [1.82, 2.24) is 4.98 Å². The summed E-state index contributed by atoms with van der Waals surface area (Å²) in [5.41, 5.74) is 2.82. The summed E-state index contributed by atoms with van der Waals surface area (Å²) in [5.74, 6) is -0.960. The predicted octanol–water partition coefficient (Wildman–Crippen LogP) is 4.10. The van der Waals surface area contributed by atoms with Crippen LogP contribution in [0, 0.1) is 6.92 Å². The van der Waals surface area contributed by atoms with E-state index in [2.05, 4.69) is 15.6 Å². The van der Waals surface area contributed by atoms with Gasteiger partial charge in [-0.05, 0) is 49.7 Å². The van der Waals surface area contributed by atoms with Crippen LogP contribution < -0.4 is 10.6 Å². The van der Waals surface area contributed by atoms with Crippen LogP contribution in [0.5, 0.6) is 0 Å². The van der Waals surface area contributed by atoms with Gasteiger partial charge >= 0.3 is 0 Å². The number of benzene rings is 2. The lowest BCUT2D eigenvalue weighted by Crippen LogP contribution is -2.19. The second-order valence-electron chi connectivity index (χ2n) is 6.27. The van der Waals surface area contributed by atoms with Gasteiger partial charge in [-0.3, -0.25) is 14.4 Å². The molecular formula is C22H19N3O3. The average Bonchev–Trinajstić information content (AvgIpc) is 2.70. The summed E-state index contributed by atoms with van der Waals surface area (Å²) >= 11 is 0. The molecule has 3 aromatic rings. The molecule has 0 atom stereocenters. The number of pyridine rings is 1. The van der Waals surface area contributed by atoms with Gasteiger partial charge in [0.1, 0.15) is 11.4 Å². The van der Waals surface area contributed by atoms with Crippen LogP contribution in [0.2, 0.25) is 0 Å². The lowest BCUT2D eigenvalue weighted by molar-refractivity contribution is 0.100. The number of carbonyl (C=O) groups is 3. The Labute approximate surface area is 162 Å². The van der Waals surface area contributed by atoms with Crippen LogP contribution in [0.1, 0.15) is 43.8 Å². The molecule has 0 aliphatic rings. The van der Waals surface area contributed by atoms with Crippen molar-refractivity contribution in [1.29, 1.82) is 0 Å². The Morgan fingerprint density at radius 2 is 1.43 bits per heavy atom. The summed E-state index contributed by atoms with van der Waals surface area (Å²) in [5, 5.41) is 5.48. The number of para-hydroxylation sites is 1. The topological polar surface area (TPSA) is 88.2 Å². The molecule has 0 saturated carbocycles. The van der Waals surface area contributed by atoms with Crippen molar-refractivity contribution in [3.05, 3.63) is 89.2 Å². The fourth-order valence-electron chi connectivity index (χ4n) is 2.60. The second kappa shape index (κ2) is 8.26. The molecule has 140 valence electrons. The standard InChI is InChI=1S/C22H19N3O3/c1-14-7-3-4-10-18(14)25-22(28)20-12-6-11-19(24-20)21(27)23-17-9-5-8-16(13-17)15(2)26/h3-13H,1-2H3,(H,23,27)(H,25,28). The normalized spacial score (nSPS) is 10.2. The zero-order chi connectivity index (χ0) is 20.1. The Balaban J connectivity index is 1.76. The van der Waals surface area contributed by atoms with Gasteiger partial charge in [-0.1, -0.05) is 36.4 Å². The molecule has 2 N–H and O–H groups in total. The molecule has 0 aliphatic heterocycles. The number of nitrogens with zero attached hydrogens (tertiary/aromatic N) is 1. The zero-order valence-electron chi connectivity index (χ0n) is 15.5. The van der Waals surface area contributed by atoms with Crippen molar-refractivity contribution >= 4 is 29.0 Å². The number of rotatable bonds is 5. The quantitative estimate of drug-likeness (QED) is 0.659. The summed E-state index contributed by atoms with van der Waals surface area (Å²) in [6, 6.07) is 18.7. The Kier molecular flexibility index (Phi) is 5.60. The molecule has 0 radical (unpaired) electrons. The number of hydrogen-bond donors (Lipinski definition) is 2. The molecule has 3 rings (SSSR count). The van der Waals surface area contributed by atoms with Gasteiger partial charge in [0.15, 0.2) is 5.78 Å². The molecular weight excluding hydrogens is 354 g/mol. The minimum Gasteiger partial charge on any atom is -0.321 e. The number of anilines is 2. The molecule has 1 aromatic heterocycles. The van der Waals surface area contributed by atoms with Crippen LogP contribution in [-0.4, -0.2) is 22.6 Å². The molecule has 28 heavy (non-hydrogen) atoms. The van der Waals surface area contributed by atoms with Crippen molar-refractivity contribution in [3.8, 4) is 0 Å². The number of ketones is 1. The molecule has 2 aromatic carbocycles. The van der Waals surface area contributed by atoms with E-state index in [1.165, 1.54) is 13.0 Å². The Morgan fingerprint density at radius 1 is 0.786 bits per heavy atom. The molecule has 0 unspecified atom stereocenters. The van der Waals surface area contributed by atoms with E-state index in [0.717, 1.165) is 5.56 Å². The van der Waals surface area contributed by atoms with Gasteiger partial charge in [-0.2, -0.15) is 0 Å². The highest BCUT2D eigenvalue weighted by Gasteiger charge is 2.14. The number of hydrogen-bond acceptors (Lipinski definition) is 4. The highest BCUT2D eigenvalue weighted by Crippen LogP contribution is 2.15. The highest BCUT2D eigenvalue weighted by atomic mass is 16.2. The third-order valence-electron chi connectivity index (χ3n) is 4.13. The third-order valence-corrected chi connectivity index (χ3v) is 4.13. The molecule has 0 fully saturated rings.